The SMILES string of the molecule is C=C(C)C(=O)OCCCCCCOc1ccc(C(=O)Oc2ccc(/C=C/C(=O)OCC3CC3)cc2OC)cc1. The van der Waals surface area contributed by atoms with Gasteiger partial charge in [-0.3, -0.25) is 0 Å². The molecule has 0 aliphatic heterocycles. The van der Waals surface area contributed by atoms with Crippen LogP contribution in [0.5, 0.6) is 17.2 Å². The van der Waals surface area contributed by atoms with Crippen molar-refractivity contribution < 1.29 is 38.1 Å². The van der Waals surface area contributed by atoms with Crippen molar-refractivity contribution >= 4 is 24.0 Å². The molecule has 0 heterocycles. The Morgan fingerprint density at radius 3 is 2.31 bits per heavy atom. The van der Waals surface area contributed by atoms with Gasteiger partial charge in [-0.05, 0) is 99.4 Å². The number of rotatable bonds is 16. The van der Waals surface area contributed by atoms with E-state index in [4.69, 9.17) is 23.7 Å². The molecular weight excluding hydrogens is 500 g/mol. The smallest absolute Gasteiger partial charge is 0.343 e. The third-order valence-electron chi connectivity index (χ3n) is 5.94. The van der Waals surface area contributed by atoms with Gasteiger partial charge in [0, 0.05) is 11.6 Å². The molecule has 8 nitrogen and oxygen atoms in total. The Bertz CT molecular complexity index is 1160. The third-order valence-corrected chi connectivity index (χ3v) is 5.94. The number of carbonyl (C=O) groups is 3. The van der Waals surface area contributed by atoms with Crippen LogP contribution in [0, 0.1) is 5.92 Å². The molecule has 0 bridgehead atoms. The van der Waals surface area contributed by atoms with Gasteiger partial charge < -0.3 is 23.7 Å². The van der Waals surface area contributed by atoms with E-state index in [1.807, 2.05) is 0 Å². The van der Waals surface area contributed by atoms with Gasteiger partial charge in [0.25, 0.3) is 0 Å². The van der Waals surface area contributed by atoms with E-state index in [0.717, 1.165) is 38.5 Å². The van der Waals surface area contributed by atoms with E-state index in [0.29, 0.717) is 53.9 Å². The first-order valence-electron chi connectivity index (χ1n) is 13.2. The molecule has 0 amide bonds. The van der Waals surface area contributed by atoms with Gasteiger partial charge in [-0.25, -0.2) is 14.4 Å². The highest BCUT2D eigenvalue weighted by Gasteiger charge is 2.22. The number of esters is 3. The summed E-state index contributed by atoms with van der Waals surface area (Å²) in [5.74, 6) is 0.535. The average molecular weight is 537 g/mol. The number of hydrogen-bond acceptors (Lipinski definition) is 8. The van der Waals surface area contributed by atoms with Gasteiger partial charge >= 0.3 is 17.9 Å². The van der Waals surface area contributed by atoms with E-state index in [2.05, 4.69) is 6.58 Å². The Balaban J connectivity index is 1.39. The first kappa shape index (κ1) is 29.5. The summed E-state index contributed by atoms with van der Waals surface area (Å²) in [6.07, 6.45) is 8.79. The fourth-order valence-corrected chi connectivity index (χ4v) is 3.45. The quantitative estimate of drug-likeness (QED) is 0.113. The van der Waals surface area contributed by atoms with Crippen molar-refractivity contribution in [3.63, 3.8) is 0 Å². The Hall–Kier alpha value is -4.07. The second kappa shape index (κ2) is 15.4. The maximum Gasteiger partial charge on any atom is 0.343 e. The van der Waals surface area contributed by atoms with Crippen molar-refractivity contribution in [1.82, 2.24) is 0 Å². The summed E-state index contributed by atoms with van der Waals surface area (Å²) in [5.41, 5.74) is 1.49. The average Bonchev–Trinajstić information content (AvgIpc) is 3.77. The fourth-order valence-electron chi connectivity index (χ4n) is 3.45. The first-order valence-corrected chi connectivity index (χ1v) is 13.2. The molecular formula is C31H36O8. The lowest BCUT2D eigenvalue weighted by Crippen LogP contribution is -2.09. The zero-order valence-electron chi connectivity index (χ0n) is 22.6. The predicted molar refractivity (Wildman–Crippen MR) is 147 cm³/mol. The number of ether oxygens (including phenoxy) is 5. The maximum atomic E-state index is 12.7. The second-order valence-corrected chi connectivity index (χ2v) is 9.41. The lowest BCUT2D eigenvalue weighted by molar-refractivity contribution is -0.139. The van der Waals surface area contributed by atoms with E-state index < -0.39 is 5.97 Å². The molecule has 0 saturated heterocycles. The summed E-state index contributed by atoms with van der Waals surface area (Å²) >= 11 is 0. The Labute approximate surface area is 229 Å². The molecule has 3 rings (SSSR count). The number of carbonyl (C=O) groups excluding carboxylic acids is 3. The van der Waals surface area contributed by atoms with Crippen LogP contribution in [-0.2, 0) is 19.1 Å². The van der Waals surface area contributed by atoms with E-state index >= 15 is 0 Å². The fraction of sp³-hybridized carbons (Fsp3) is 0.387. The van der Waals surface area contributed by atoms with Crippen molar-refractivity contribution in [2.45, 2.75) is 45.4 Å². The predicted octanol–water partition coefficient (Wildman–Crippen LogP) is 5.94. The minimum absolute atomic E-state index is 0.269. The first-order chi connectivity index (χ1) is 18.9. The van der Waals surface area contributed by atoms with Crippen molar-refractivity contribution in [1.29, 1.82) is 0 Å². The van der Waals surface area contributed by atoms with Gasteiger partial charge in [-0.1, -0.05) is 12.6 Å². The van der Waals surface area contributed by atoms with Crippen molar-refractivity contribution in [3.8, 4) is 17.2 Å². The lowest BCUT2D eigenvalue weighted by Gasteiger charge is -2.11. The molecule has 2 aromatic carbocycles. The van der Waals surface area contributed by atoms with Crippen LogP contribution in [0.25, 0.3) is 6.08 Å². The zero-order valence-corrected chi connectivity index (χ0v) is 22.6. The normalized spacial score (nSPS) is 12.6. The molecule has 208 valence electrons. The number of methoxy groups -OCH3 is 1. The van der Waals surface area contributed by atoms with Crippen LogP contribution in [0.1, 0.15) is 61.4 Å². The minimum Gasteiger partial charge on any atom is -0.494 e. The summed E-state index contributed by atoms with van der Waals surface area (Å²) in [6.45, 7) is 6.59. The monoisotopic (exact) mass is 536 g/mol. The molecule has 0 aromatic heterocycles. The Morgan fingerprint density at radius 1 is 0.923 bits per heavy atom. The molecule has 1 fully saturated rings. The molecule has 0 radical (unpaired) electrons. The molecule has 0 spiro atoms. The van der Waals surface area contributed by atoms with Crippen LogP contribution in [0.3, 0.4) is 0 Å². The van der Waals surface area contributed by atoms with Gasteiger partial charge in [0.15, 0.2) is 11.5 Å². The number of benzene rings is 2. The highest BCUT2D eigenvalue weighted by molar-refractivity contribution is 5.91. The molecule has 1 aliphatic rings. The molecule has 39 heavy (non-hydrogen) atoms. The molecule has 1 aliphatic carbocycles. The lowest BCUT2D eigenvalue weighted by atomic mass is 10.2. The zero-order chi connectivity index (χ0) is 28.0. The van der Waals surface area contributed by atoms with Gasteiger partial charge in [-0.2, -0.15) is 0 Å². The summed E-state index contributed by atoms with van der Waals surface area (Å²) in [6, 6.07) is 11.8. The maximum absolute atomic E-state index is 12.7. The molecule has 1 saturated carbocycles. The van der Waals surface area contributed by atoms with Crippen LogP contribution >= 0.6 is 0 Å². The number of unbranched alkanes of at least 4 members (excludes halogenated alkanes) is 3. The molecule has 2 aromatic rings. The van der Waals surface area contributed by atoms with Gasteiger partial charge in [0.1, 0.15) is 5.75 Å². The Morgan fingerprint density at radius 2 is 1.64 bits per heavy atom. The topological polar surface area (TPSA) is 97.4 Å². The van der Waals surface area contributed by atoms with Crippen molar-refractivity contribution in [2.75, 3.05) is 26.9 Å². The molecule has 0 atom stereocenters. The summed E-state index contributed by atoms with van der Waals surface area (Å²) in [5, 5.41) is 0. The molecule has 0 unspecified atom stereocenters. The van der Waals surface area contributed by atoms with Gasteiger partial charge in [0.2, 0.25) is 0 Å². The van der Waals surface area contributed by atoms with Crippen LogP contribution < -0.4 is 14.2 Å². The van der Waals surface area contributed by atoms with E-state index in [1.165, 1.54) is 13.2 Å². The second-order valence-electron chi connectivity index (χ2n) is 9.41. The van der Waals surface area contributed by atoms with Crippen LogP contribution in [0.15, 0.2) is 60.7 Å². The largest absolute Gasteiger partial charge is 0.494 e. The van der Waals surface area contributed by atoms with Crippen LogP contribution in [0.2, 0.25) is 0 Å². The van der Waals surface area contributed by atoms with Crippen molar-refractivity contribution in [3.05, 3.63) is 71.8 Å². The summed E-state index contributed by atoms with van der Waals surface area (Å²) in [7, 11) is 1.48. The van der Waals surface area contributed by atoms with Crippen LogP contribution in [-0.4, -0.2) is 44.8 Å². The Kier molecular flexibility index (Phi) is 11.6. The van der Waals surface area contributed by atoms with Crippen LogP contribution in [0.4, 0.5) is 0 Å². The van der Waals surface area contributed by atoms with Crippen molar-refractivity contribution in [2.24, 2.45) is 5.92 Å². The summed E-state index contributed by atoms with van der Waals surface area (Å²) in [4.78, 5) is 35.8. The molecule has 0 N–H and O–H groups in total. The van der Waals surface area contributed by atoms with E-state index in [-0.39, 0.29) is 17.7 Å². The minimum atomic E-state index is -0.529. The van der Waals surface area contributed by atoms with Gasteiger partial charge in [0.05, 0.1) is 32.5 Å². The number of hydrogen-bond donors (Lipinski definition) is 0. The van der Waals surface area contributed by atoms with E-state index in [9.17, 15) is 14.4 Å². The standard InChI is InChI=1S/C31H36O8/c1-22(2)30(33)37-19-7-5-4-6-18-36-26-14-12-25(13-15-26)31(34)39-27-16-10-23(20-28(27)35-3)11-17-29(32)38-21-24-8-9-24/h10-17,20,24H,1,4-9,18-19,21H2,2-3H3/b17-11+. The van der Waals surface area contributed by atoms with E-state index in [1.54, 1.807) is 55.5 Å². The van der Waals surface area contributed by atoms with Gasteiger partial charge in [-0.15, -0.1) is 0 Å². The highest BCUT2D eigenvalue weighted by Crippen LogP contribution is 2.30. The summed E-state index contributed by atoms with van der Waals surface area (Å²) < 4.78 is 26.9. The highest BCUT2D eigenvalue weighted by atomic mass is 16.6. The molecule has 8 heteroatoms. The third kappa shape index (κ3) is 10.7.